The van der Waals surface area contributed by atoms with Crippen LogP contribution in [0.5, 0.6) is 0 Å². The number of hydrogen-bond donors (Lipinski definition) is 1. The number of carbonyl (C=O) groups is 1. The molecule has 2 aliphatic carbocycles. The van der Waals surface area contributed by atoms with Gasteiger partial charge >= 0.3 is 0 Å². The first kappa shape index (κ1) is 18.4. The number of carbonyl (C=O) groups excluding carboxylic acids is 1. The Morgan fingerprint density at radius 1 is 1.12 bits per heavy atom. The summed E-state index contributed by atoms with van der Waals surface area (Å²) in [7, 11) is 0. The SMILES string of the molecule is O=C(NCCOCC1CCCCC1)c1ccc(C2CCC(F)CC2)o1. The van der Waals surface area contributed by atoms with E-state index in [2.05, 4.69) is 5.32 Å². The van der Waals surface area contributed by atoms with Gasteiger partial charge in [0.1, 0.15) is 11.9 Å². The van der Waals surface area contributed by atoms with E-state index < -0.39 is 6.17 Å². The minimum atomic E-state index is -0.678. The van der Waals surface area contributed by atoms with Crippen LogP contribution < -0.4 is 5.32 Å². The van der Waals surface area contributed by atoms with Gasteiger partial charge in [-0.2, -0.15) is 0 Å². The molecule has 3 rings (SSSR count). The van der Waals surface area contributed by atoms with Crippen molar-refractivity contribution in [2.45, 2.75) is 69.9 Å². The van der Waals surface area contributed by atoms with E-state index in [4.69, 9.17) is 9.15 Å². The lowest BCUT2D eigenvalue weighted by molar-refractivity contribution is 0.0781. The highest BCUT2D eigenvalue weighted by Crippen LogP contribution is 2.34. The Morgan fingerprint density at radius 2 is 1.88 bits per heavy atom. The summed E-state index contributed by atoms with van der Waals surface area (Å²) in [5, 5.41) is 2.84. The fraction of sp³-hybridized carbons (Fsp3) is 0.750. The van der Waals surface area contributed by atoms with Crippen molar-refractivity contribution < 1.29 is 18.3 Å². The van der Waals surface area contributed by atoms with Crippen LogP contribution in [0.1, 0.15) is 80.0 Å². The summed E-state index contributed by atoms with van der Waals surface area (Å²) in [4.78, 5) is 12.1. The number of furan rings is 1. The van der Waals surface area contributed by atoms with Gasteiger partial charge in [-0.25, -0.2) is 4.39 Å². The van der Waals surface area contributed by atoms with E-state index in [1.807, 2.05) is 6.07 Å². The highest BCUT2D eigenvalue weighted by molar-refractivity contribution is 5.91. The topological polar surface area (TPSA) is 51.5 Å². The third-order valence-corrected chi connectivity index (χ3v) is 5.52. The second-order valence-electron chi connectivity index (χ2n) is 7.49. The van der Waals surface area contributed by atoms with E-state index in [1.54, 1.807) is 6.07 Å². The van der Waals surface area contributed by atoms with Crippen molar-refractivity contribution >= 4 is 5.91 Å². The van der Waals surface area contributed by atoms with Crippen molar-refractivity contribution in [2.75, 3.05) is 19.8 Å². The fourth-order valence-corrected chi connectivity index (χ4v) is 3.96. The van der Waals surface area contributed by atoms with Gasteiger partial charge in [0.15, 0.2) is 5.76 Å². The van der Waals surface area contributed by atoms with E-state index in [0.717, 1.165) is 25.2 Å². The van der Waals surface area contributed by atoms with E-state index in [0.29, 0.717) is 37.7 Å². The van der Waals surface area contributed by atoms with Crippen molar-refractivity contribution in [3.05, 3.63) is 23.7 Å². The largest absolute Gasteiger partial charge is 0.456 e. The van der Waals surface area contributed by atoms with Gasteiger partial charge in [0.2, 0.25) is 0 Å². The van der Waals surface area contributed by atoms with Gasteiger partial charge in [-0.05, 0) is 56.6 Å². The van der Waals surface area contributed by atoms with Crippen LogP contribution in [0.15, 0.2) is 16.5 Å². The molecule has 0 unspecified atom stereocenters. The molecule has 5 heteroatoms. The summed E-state index contributed by atoms with van der Waals surface area (Å²) in [6, 6.07) is 3.58. The zero-order valence-corrected chi connectivity index (χ0v) is 15.0. The monoisotopic (exact) mass is 351 g/mol. The van der Waals surface area contributed by atoms with Gasteiger partial charge < -0.3 is 14.5 Å². The number of halogens is 1. The third-order valence-electron chi connectivity index (χ3n) is 5.52. The first-order chi connectivity index (χ1) is 12.2. The minimum Gasteiger partial charge on any atom is -0.456 e. The van der Waals surface area contributed by atoms with Crippen molar-refractivity contribution in [3.8, 4) is 0 Å². The zero-order chi connectivity index (χ0) is 17.5. The molecule has 0 radical (unpaired) electrons. The first-order valence-corrected chi connectivity index (χ1v) is 9.82. The molecule has 0 bridgehead atoms. The second kappa shape index (κ2) is 9.37. The van der Waals surface area contributed by atoms with Crippen molar-refractivity contribution in [3.63, 3.8) is 0 Å². The maximum Gasteiger partial charge on any atom is 0.287 e. The van der Waals surface area contributed by atoms with Crippen molar-refractivity contribution in [1.29, 1.82) is 0 Å². The molecular weight excluding hydrogens is 321 g/mol. The molecule has 0 aromatic carbocycles. The molecule has 1 aromatic heterocycles. The summed E-state index contributed by atoms with van der Waals surface area (Å²) in [5.41, 5.74) is 0. The van der Waals surface area contributed by atoms with Gasteiger partial charge in [0.25, 0.3) is 5.91 Å². The Labute approximate surface area is 149 Å². The number of ether oxygens (including phenoxy) is 1. The maximum absolute atomic E-state index is 13.2. The van der Waals surface area contributed by atoms with Crippen LogP contribution in [0.2, 0.25) is 0 Å². The molecule has 4 nitrogen and oxygen atoms in total. The molecule has 1 N–H and O–H groups in total. The number of hydrogen-bond acceptors (Lipinski definition) is 3. The number of alkyl halides is 1. The number of nitrogens with one attached hydrogen (secondary N) is 1. The molecule has 0 atom stereocenters. The van der Waals surface area contributed by atoms with Gasteiger partial charge in [0, 0.05) is 19.1 Å². The number of rotatable bonds is 7. The normalized spacial score (nSPS) is 25.0. The van der Waals surface area contributed by atoms with Crippen LogP contribution in [0.25, 0.3) is 0 Å². The molecule has 1 heterocycles. The average molecular weight is 351 g/mol. The lowest BCUT2D eigenvalue weighted by atomic mass is 9.86. The molecule has 0 spiro atoms. The molecule has 0 saturated heterocycles. The van der Waals surface area contributed by atoms with Crippen LogP contribution in [0.3, 0.4) is 0 Å². The summed E-state index contributed by atoms with van der Waals surface area (Å²) >= 11 is 0. The summed E-state index contributed by atoms with van der Waals surface area (Å²) in [6.07, 6.45) is 8.62. The minimum absolute atomic E-state index is 0.202. The van der Waals surface area contributed by atoms with E-state index >= 15 is 0 Å². The van der Waals surface area contributed by atoms with Gasteiger partial charge in [0.05, 0.1) is 6.61 Å². The standard InChI is InChI=1S/C20H30FNO3/c21-17-8-6-16(7-9-17)18-10-11-19(25-18)20(23)22-12-13-24-14-15-4-2-1-3-5-15/h10-11,15-17H,1-9,12-14H2,(H,22,23). The van der Waals surface area contributed by atoms with E-state index in [1.165, 1.54) is 32.1 Å². The Balaban J connectivity index is 1.34. The third kappa shape index (κ3) is 5.56. The Morgan fingerprint density at radius 3 is 2.64 bits per heavy atom. The summed E-state index contributed by atoms with van der Waals surface area (Å²) in [5.74, 6) is 1.88. The molecule has 25 heavy (non-hydrogen) atoms. The lowest BCUT2D eigenvalue weighted by Gasteiger charge is -2.22. The quantitative estimate of drug-likeness (QED) is 0.730. The highest BCUT2D eigenvalue weighted by atomic mass is 19.1. The molecule has 1 amide bonds. The lowest BCUT2D eigenvalue weighted by Crippen LogP contribution is -2.27. The summed E-state index contributed by atoms with van der Waals surface area (Å²) < 4.78 is 24.6. The van der Waals surface area contributed by atoms with E-state index in [-0.39, 0.29) is 11.8 Å². The predicted octanol–water partition coefficient (Wildman–Crippen LogP) is 4.60. The Hall–Kier alpha value is -1.36. The van der Waals surface area contributed by atoms with Crippen LogP contribution in [-0.4, -0.2) is 31.8 Å². The molecule has 0 aliphatic heterocycles. The average Bonchev–Trinajstić information content (AvgIpc) is 3.13. The van der Waals surface area contributed by atoms with Crippen molar-refractivity contribution in [2.24, 2.45) is 5.92 Å². The van der Waals surface area contributed by atoms with Gasteiger partial charge in [-0.3, -0.25) is 4.79 Å². The van der Waals surface area contributed by atoms with Crippen molar-refractivity contribution in [1.82, 2.24) is 5.32 Å². The maximum atomic E-state index is 13.2. The molecule has 2 fully saturated rings. The molecule has 2 saturated carbocycles. The van der Waals surface area contributed by atoms with Gasteiger partial charge in [-0.15, -0.1) is 0 Å². The molecular formula is C20H30FNO3. The smallest absolute Gasteiger partial charge is 0.287 e. The fourth-order valence-electron chi connectivity index (χ4n) is 3.96. The molecule has 1 aromatic rings. The molecule has 140 valence electrons. The van der Waals surface area contributed by atoms with E-state index in [9.17, 15) is 9.18 Å². The highest BCUT2D eigenvalue weighted by Gasteiger charge is 2.25. The Bertz CT molecular complexity index is 531. The zero-order valence-electron chi connectivity index (χ0n) is 15.0. The van der Waals surface area contributed by atoms with Crippen LogP contribution in [0, 0.1) is 5.92 Å². The summed E-state index contributed by atoms with van der Waals surface area (Å²) in [6.45, 7) is 1.84. The van der Waals surface area contributed by atoms with Crippen LogP contribution >= 0.6 is 0 Å². The van der Waals surface area contributed by atoms with Gasteiger partial charge in [-0.1, -0.05) is 19.3 Å². The predicted molar refractivity (Wildman–Crippen MR) is 94.5 cm³/mol. The van der Waals surface area contributed by atoms with Crippen LogP contribution in [0.4, 0.5) is 4.39 Å². The van der Waals surface area contributed by atoms with Crippen LogP contribution in [-0.2, 0) is 4.74 Å². The Kier molecular flexibility index (Phi) is 6.91. The number of amides is 1. The second-order valence-corrected chi connectivity index (χ2v) is 7.49. The molecule has 2 aliphatic rings. The first-order valence-electron chi connectivity index (χ1n) is 9.82.